The van der Waals surface area contributed by atoms with Gasteiger partial charge in [0.05, 0.1) is 0 Å². The Morgan fingerprint density at radius 1 is 1.00 bits per heavy atom. The summed E-state index contributed by atoms with van der Waals surface area (Å²) in [6.07, 6.45) is 1.31. The minimum absolute atomic E-state index is 0.0260. The molecule has 0 bridgehead atoms. The van der Waals surface area contributed by atoms with E-state index in [-0.39, 0.29) is 31.3 Å². The number of hydrogen-bond acceptors (Lipinski definition) is 4. The van der Waals surface area contributed by atoms with Gasteiger partial charge in [0.1, 0.15) is 0 Å². The van der Waals surface area contributed by atoms with Crippen LogP contribution >= 0.6 is 0 Å². The molecule has 0 saturated carbocycles. The van der Waals surface area contributed by atoms with Crippen LogP contribution in [0.3, 0.4) is 0 Å². The van der Waals surface area contributed by atoms with Gasteiger partial charge in [-0.3, -0.25) is 9.59 Å². The van der Waals surface area contributed by atoms with Gasteiger partial charge in [-0.1, -0.05) is 38.1 Å². The van der Waals surface area contributed by atoms with E-state index < -0.39 is 0 Å². The Bertz CT molecular complexity index is 796. The highest BCUT2D eigenvalue weighted by molar-refractivity contribution is 6.00. The monoisotopic (exact) mass is 353 g/mol. The number of carbonyl (C=O) groups is 2. The van der Waals surface area contributed by atoms with Gasteiger partial charge in [-0.05, 0) is 30.0 Å². The molecule has 1 aliphatic rings. The van der Waals surface area contributed by atoms with E-state index in [2.05, 4.69) is 19.2 Å². The number of fused-ring (bicyclic) bond motifs is 1. The second-order valence-electron chi connectivity index (χ2n) is 6.83. The van der Waals surface area contributed by atoms with Crippen LogP contribution in [0.2, 0.25) is 0 Å². The van der Waals surface area contributed by atoms with Crippen molar-refractivity contribution in [1.29, 1.82) is 0 Å². The van der Waals surface area contributed by atoms with E-state index in [4.69, 9.17) is 9.47 Å². The van der Waals surface area contributed by atoms with Gasteiger partial charge in [-0.15, -0.1) is 0 Å². The minimum atomic E-state index is -0.200. The molecule has 0 aromatic heterocycles. The van der Waals surface area contributed by atoms with E-state index >= 15 is 0 Å². The Morgan fingerprint density at radius 3 is 2.46 bits per heavy atom. The summed E-state index contributed by atoms with van der Waals surface area (Å²) in [7, 11) is 0. The summed E-state index contributed by atoms with van der Waals surface area (Å²) in [5.41, 5.74) is 2.50. The Labute approximate surface area is 153 Å². The number of ether oxygens (including phenoxy) is 2. The van der Waals surface area contributed by atoms with Crippen molar-refractivity contribution < 1.29 is 19.1 Å². The predicted molar refractivity (Wildman–Crippen MR) is 99.7 cm³/mol. The van der Waals surface area contributed by atoms with Crippen molar-refractivity contribution in [1.82, 2.24) is 0 Å². The van der Waals surface area contributed by atoms with Gasteiger partial charge >= 0.3 is 0 Å². The first-order valence-electron chi connectivity index (χ1n) is 8.83. The molecule has 3 rings (SSSR count). The van der Waals surface area contributed by atoms with Crippen molar-refractivity contribution in [3.63, 3.8) is 0 Å². The number of benzene rings is 2. The lowest BCUT2D eigenvalue weighted by atomic mass is 9.99. The zero-order valence-electron chi connectivity index (χ0n) is 15.1. The maximum atomic E-state index is 12.3. The molecule has 5 nitrogen and oxygen atoms in total. The Kier molecular flexibility index (Phi) is 5.56. The molecule has 1 N–H and O–H groups in total. The van der Waals surface area contributed by atoms with Crippen molar-refractivity contribution in [3.05, 3.63) is 53.6 Å². The molecule has 0 radical (unpaired) electrons. The molecule has 0 fully saturated rings. The topological polar surface area (TPSA) is 64.6 Å². The molecular weight excluding hydrogens is 330 g/mol. The molecule has 136 valence electrons. The van der Waals surface area contributed by atoms with Gasteiger partial charge in [0.25, 0.3) is 0 Å². The van der Waals surface area contributed by atoms with Crippen molar-refractivity contribution in [3.8, 4) is 11.5 Å². The largest absolute Gasteiger partial charge is 0.454 e. The zero-order valence-corrected chi connectivity index (χ0v) is 15.1. The second kappa shape index (κ2) is 8.04. The average molecular weight is 353 g/mol. The van der Waals surface area contributed by atoms with Crippen LogP contribution in [-0.4, -0.2) is 18.5 Å². The van der Waals surface area contributed by atoms with Crippen LogP contribution in [0, 0.1) is 5.92 Å². The van der Waals surface area contributed by atoms with Gasteiger partial charge in [0, 0.05) is 30.2 Å². The lowest BCUT2D eigenvalue weighted by Crippen LogP contribution is -2.13. The SMILES string of the molecule is CC(C)Cc1ccc(C(=O)CCC(=O)Nc2ccc3c(c2)OCO3)cc1. The summed E-state index contributed by atoms with van der Waals surface area (Å²) in [6, 6.07) is 12.9. The molecule has 1 amide bonds. The quantitative estimate of drug-likeness (QED) is 0.757. The molecule has 0 atom stereocenters. The number of anilines is 1. The lowest BCUT2D eigenvalue weighted by Gasteiger charge is -2.07. The standard InChI is InChI=1S/C21H23NO4/c1-14(2)11-15-3-5-16(6-4-15)18(23)8-10-21(24)22-17-7-9-19-20(12-17)26-13-25-19/h3-7,9,12,14H,8,10-11,13H2,1-2H3,(H,22,24). The van der Waals surface area contributed by atoms with Crippen LogP contribution in [0.1, 0.15) is 42.6 Å². The van der Waals surface area contributed by atoms with E-state index in [0.717, 1.165) is 6.42 Å². The normalized spacial score (nSPS) is 12.3. The molecule has 1 aliphatic heterocycles. The van der Waals surface area contributed by atoms with Crippen LogP contribution in [0.25, 0.3) is 0 Å². The highest BCUT2D eigenvalue weighted by Crippen LogP contribution is 2.34. The molecule has 2 aromatic carbocycles. The first-order chi connectivity index (χ1) is 12.5. The van der Waals surface area contributed by atoms with Gasteiger partial charge < -0.3 is 14.8 Å². The number of carbonyl (C=O) groups excluding carboxylic acids is 2. The van der Waals surface area contributed by atoms with Gasteiger partial charge in [-0.25, -0.2) is 0 Å². The summed E-state index contributed by atoms with van der Waals surface area (Å²) in [5, 5.41) is 2.78. The van der Waals surface area contributed by atoms with Crippen molar-refractivity contribution in [2.75, 3.05) is 12.1 Å². The van der Waals surface area contributed by atoms with Crippen LogP contribution in [-0.2, 0) is 11.2 Å². The fraction of sp³-hybridized carbons (Fsp3) is 0.333. The van der Waals surface area contributed by atoms with Crippen LogP contribution in [0.5, 0.6) is 11.5 Å². The Balaban J connectivity index is 1.50. The zero-order chi connectivity index (χ0) is 18.5. The van der Waals surface area contributed by atoms with E-state index in [0.29, 0.717) is 28.7 Å². The Morgan fingerprint density at radius 2 is 1.73 bits per heavy atom. The molecular formula is C21H23NO4. The highest BCUT2D eigenvalue weighted by Gasteiger charge is 2.15. The third kappa shape index (κ3) is 4.63. The number of ketones is 1. The van der Waals surface area contributed by atoms with Crippen LogP contribution in [0.15, 0.2) is 42.5 Å². The molecule has 0 unspecified atom stereocenters. The molecule has 5 heteroatoms. The summed E-state index contributed by atoms with van der Waals surface area (Å²) < 4.78 is 10.5. The van der Waals surface area contributed by atoms with Crippen LogP contribution in [0.4, 0.5) is 5.69 Å². The summed E-state index contributed by atoms with van der Waals surface area (Å²) in [6.45, 7) is 4.52. The van der Waals surface area contributed by atoms with Gasteiger partial charge in [0.15, 0.2) is 17.3 Å². The van der Waals surface area contributed by atoms with E-state index in [9.17, 15) is 9.59 Å². The minimum Gasteiger partial charge on any atom is -0.454 e. The summed E-state index contributed by atoms with van der Waals surface area (Å²) in [5.74, 6) is 1.63. The predicted octanol–water partition coefficient (Wildman–Crippen LogP) is 4.22. The lowest BCUT2D eigenvalue weighted by molar-refractivity contribution is -0.116. The van der Waals surface area contributed by atoms with Gasteiger partial charge in [0.2, 0.25) is 12.7 Å². The van der Waals surface area contributed by atoms with Crippen molar-refractivity contribution >= 4 is 17.4 Å². The highest BCUT2D eigenvalue weighted by atomic mass is 16.7. The smallest absolute Gasteiger partial charge is 0.231 e. The van der Waals surface area contributed by atoms with E-state index in [1.54, 1.807) is 18.2 Å². The first-order valence-corrected chi connectivity index (χ1v) is 8.83. The third-order valence-corrected chi connectivity index (χ3v) is 4.16. The maximum absolute atomic E-state index is 12.3. The summed E-state index contributed by atoms with van der Waals surface area (Å²) >= 11 is 0. The number of amides is 1. The number of nitrogens with one attached hydrogen (secondary N) is 1. The summed E-state index contributed by atoms with van der Waals surface area (Å²) in [4.78, 5) is 24.4. The molecule has 2 aromatic rings. The fourth-order valence-corrected chi connectivity index (χ4v) is 2.87. The van der Waals surface area contributed by atoms with Crippen molar-refractivity contribution in [2.24, 2.45) is 5.92 Å². The van der Waals surface area contributed by atoms with Crippen molar-refractivity contribution in [2.45, 2.75) is 33.1 Å². The molecule has 0 saturated heterocycles. The molecule has 26 heavy (non-hydrogen) atoms. The molecule has 0 aliphatic carbocycles. The van der Waals surface area contributed by atoms with Crippen LogP contribution < -0.4 is 14.8 Å². The number of hydrogen-bond donors (Lipinski definition) is 1. The number of Topliss-reactive ketones (excluding diaryl/α,β-unsaturated/α-hetero) is 1. The van der Waals surface area contributed by atoms with E-state index in [1.165, 1.54) is 5.56 Å². The molecule has 0 spiro atoms. The maximum Gasteiger partial charge on any atom is 0.231 e. The van der Waals surface area contributed by atoms with E-state index in [1.807, 2.05) is 24.3 Å². The number of rotatable bonds is 7. The first kappa shape index (κ1) is 18.0. The Hall–Kier alpha value is -2.82. The second-order valence-corrected chi connectivity index (χ2v) is 6.83. The molecule has 1 heterocycles. The average Bonchev–Trinajstić information content (AvgIpc) is 3.07. The third-order valence-electron chi connectivity index (χ3n) is 4.16. The fourth-order valence-electron chi connectivity index (χ4n) is 2.87. The van der Waals surface area contributed by atoms with Gasteiger partial charge in [-0.2, -0.15) is 0 Å².